The number of carbonyl (C=O) groups is 2. The van der Waals surface area contributed by atoms with Gasteiger partial charge >= 0.3 is 5.97 Å². The predicted molar refractivity (Wildman–Crippen MR) is 65.7 cm³/mol. The van der Waals surface area contributed by atoms with E-state index in [4.69, 9.17) is 28.3 Å². The number of rotatable bonds is 5. The van der Waals surface area contributed by atoms with E-state index in [0.29, 0.717) is 16.5 Å². The van der Waals surface area contributed by atoms with Crippen molar-refractivity contribution in [3.63, 3.8) is 0 Å². The Bertz CT molecular complexity index is 435. The molecule has 0 aromatic heterocycles. The van der Waals surface area contributed by atoms with Crippen molar-refractivity contribution in [1.29, 1.82) is 0 Å². The number of carboxylic acids is 1. The Balaban J connectivity index is 2.52. The molecule has 1 amide bonds. The van der Waals surface area contributed by atoms with Crippen LogP contribution in [-0.2, 0) is 4.79 Å². The largest absolute Gasteiger partial charge is 0.481 e. The van der Waals surface area contributed by atoms with Crippen LogP contribution in [-0.4, -0.2) is 23.5 Å². The highest BCUT2D eigenvalue weighted by atomic mass is 35.5. The maximum atomic E-state index is 11.7. The minimum atomic E-state index is -0.889. The lowest BCUT2D eigenvalue weighted by Crippen LogP contribution is -2.25. The van der Waals surface area contributed by atoms with Crippen molar-refractivity contribution in [1.82, 2.24) is 5.32 Å². The van der Waals surface area contributed by atoms with Crippen molar-refractivity contribution >= 4 is 35.1 Å². The number of hydrogen-bond acceptors (Lipinski definition) is 2. The average molecular weight is 276 g/mol. The van der Waals surface area contributed by atoms with E-state index in [1.54, 1.807) is 6.07 Å². The normalized spacial score (nSPS) is 10.0. The van der Waals surface area contributed by atoms with Crippen molar-refractivity contribution in [3.8, 4) is 0 Å². The molecule has 17 heavy (non-hydrogen) atoms. The van der Waals surface area contributed by atoms with Crippen LogP contribution in [0.3, 0.4) is 0 Å². The Morgan fingerprint density at radius 2 is 2.00 bits per heavy atom. The number of nitrogens with one attached hydrogen (secondary N) is 1. The predicted octanol–water partition coefficient (Wildman–Crippen LogP) is 2.59. The van der Waals surface area contributed by atoms with Crippen LogP contribution in [0, 0.1) is 0 Å². The number of halogens is 2. The lowest BCUT2D eigenvalue weighted by molar-refractivity contribution is -0.137. The van der Waals surface area contributed by atoms with Gasteiger partial charge in [-0.15, -0.1) is 0 Å². The van der Waals surface area contributed by atoms with Gasteiger partial charge in [0.15, 0.2) is 0 Å². The van der Waals surface area contributed by atoms with E-state index in [-0.39, 0.29) is 24.4 Å². The van der Waals surface area contributed by atoms with Gasteiger partial charge in [0.05, 0.1) is 10.6 Å². The van der Waals surface area contributed by atoms with Crippen molar-refractivity contribution in [2.45, 2.75) is 12.8 Å². The van der Waals surface area contributed by atoms with Crippen LogP contribution in [0.2, 0.25) is 10.0 Å². The first kappa shape index (κ1) is 13.8. The van der Waals surface area contributed by atoms with Gasteiger partial charge in [-0.2, -0.15) is 0 Å². The summed E-state index contributed by atoms with van der Waals surface area (Å²) in [5.41, 5.74) is 0.287. The Labute approximate surface area is 109 Å². The van der Waals surface area contributed by atoms with Crippen LogP contribution in [0.4, 0.5) is 0 Å². The smallest absolute Gasteiger partial charge is 0.303 e. The van der Waals surface area contributed by atoms with Crippen molar-refractivity contribution in [3.05, 3.63) is 33.8 Å². The summed E-state index contributed by atoms with van der Waals surface area (Å²) in [5, 5.41) is 11.7. The second kappa shape index (κ2) is 6.47. The molecule has 1 aromatic rings. The monoisotopic (exact) mass is 275 g/mol. The van der Waals surface area contributed by atoms with E-state index < -0.39 is 5.97 Å². The quantitative estimate of drug-likeness (QED) is 0.812. The minimum Gasteiger partial charge on any atom is -0.481 e. The third kappa shape index (κ3) is 4.63. The van der Waals surface area contributed by atoms with Gasteiger partial charge in [0.25, 0.3) is 5.91 Å². The highest BCUT2D eigenvalue weighted by Crippen LogP contribution is 2.20. The fourth-order valence-electron chi connectivity index (χ4n) is 1.21. The van der Waals surface area contributed by atoms with Crippen LogP contribution >= 0.6 is 23.2 Å². The third-order valence-corrected chi connectivity index (χ3v) is 2.59. The molecule has 0 aliphatic rings. The Morgan fingerprint density at radius 3 is 2.65 bits per heavy atom. The van der Waals surface area contributed by atoms with E-state index in [2.05, 4.69) is 5.32 Å². The maximum absolute atomic E-state index is 11.7. The van der Waals surface area contributed by atoms with Crippen LogP contribution in [0.5, 0.6) is 0 Å². The minimum absolute atomic E-state index is 0.0174. The van der Waals surface area contributed by atoms with Gasteiger partial charge in [0.1, 0.15) is 0 Å². The summed E-state index contributed by atoms with van der Waals surface area (Å²) in [6.07, 6.45) is 0.392. The topological polar surface area (TPSA) is 66.4 Å². The molecule has 0 saturated carbocycles. The molecule has 1 aromatic carbocycles. The zero-order chi connectivity index (χ0) is 12.8. The number of aliphatic carboxylic acids is 1. The summed E-state index contributed by atoms with van der Waals surface area (Å²) in [7, 11) is 0. The Kier molecular flexibility index (Phi) is 5.25. The van der Waals surface area contributed by atoms with Gasteiger partial charge < -0.3 is 10.4 Å². The highest BCUT2D eigenvalue weighted by molar-refractivity contribution is 6.35. The fraction of sp³-hybridized carbons (Fsp3) is 0.273. The van der Waals surface area contributed by atoms with Gasteiger partial charge in [-0.1, -0.05) is 23.2 Å². The van der Waals surface area contributed by atoms with Gasteiger partial charge in [-0.05, 0) is 24.6 Å². The fourth-order valence-corrected chi connectivity index (χ4v) is 1.58. The first-order valence-electron chi connectivity index (χ1n) is 4.95. The van der Waals surface area contributed by atoms with Crippen molar-refractivity contribution in [2.24, 2.45) is 0 Å². The van der Waals surface area contributed by atoms with E-state index in [1.165, 1.54) is 12.1 Å². The maximum Gasteiger partial charge on any atom is 0.303 e. The molecule has 0 heterocycles. The Morgan fingerprint density at radius 1 is 1.29 bits per heavy atom. The first-order valence-corrected chi connectivity index (χ1v) is 5.71. The summed E-state index contributed by atoms with van der Waals surface area (Å²) in [4.78, 5) is 21.9. The molecule has 0 atom stereocenters. The lowest BCUT2D eigenvalue weighted by atomic mass is 10.2. The van der Waals surface area contributed by atoms with Crippen molar-refractivity contribution in [2.75, 3.05) is 6.54 Å². The molecule has 0 bridgehead atoms. The highest BCUT2D eigenvalue weighted by Gasteiger charge is 2.10. The molecule has 1 rings (SSSR count). The molecule has 4 nitrogen and oxygen atoms in total. The van der Waals surface area contributed by atoms with E-state index in [0.717, 1.165) is 0 Å². The molecule has 0 radical (unpaired) electrons. The molecule has 0 aliphatic carbocycles. The second-order valence-corrected chi connectivity index (χ2v) is 4.22. The number of hydrogen-bond donors (Lipinski definition) is 2. The molecule has 6 heteroatoms. The first-order chi connectivity index (χ1) is 8.00. The average Bonchev–Trinajstić information content (AvgIpc) is 2.27. The molecule has 0 spiro atoms. The molecule has 2 N–H and O–H groups in total. The van der Waals surface area contributed by atoms with Crippen molar-refractivity contribution < 1.29 is 14.7 Å². The number of carbonyl (C=O) groups excluding carboxylic acids is 1. The van der Waals surface area contributed by atoms with Crippen LogP contribution in [0.25, 0.3) is 0 Å². The second-order valence-electron chi connectivity index (χ2n) is 3.38. The zero-order valence-corrected chi connectivity index (χ0v) is 10.4. The van der Waals surface area contributed by atoms with E-state index >= 15 is 0 Å². The summed E-state index contributed by atoms with van der Waals surface area (Å²) in [6, 6.07) is 4.59. The zero-order valence-electron chi connectivity index (χ0n) is 8.87. The van der Waals surface area contributed by atoms with Crippen LogP contribution < -0.4 is 5.32 Å². The summed E-state index contributed by atoms with van der Waals surface area (Å²) in [6.45, 7) is 0.286. The summed E-state index contributed by atoms with van der Waals surface area (Å²) < 4.78 is 0. The lowest BCUT2D eigenvalue weighted by Gasteiger charge is -2.06. The number of benzene rings is 1. The standard InChI is InChI=1S/C11H11Cl2NO3/c12-7-3-4-9(13)8(6-7)11(17)14-5-1-2-10(15)16/h3-4,6H,1-2,5H2,(H,14,17)(H,15,16). The SMILES string of the molecule is O=C(O)CCCNC(=O)c1cc(Cl)ccc1Cl. The van der Waals surface area contributed by atoms with Gasteiger partial charge in [0.2, 0.25) is 0 Å². The molecule has 0 saturated heterocycles. The molecular weight excluding hydrogens is 265 g/mol. The van der Waals surface area contributed by atoms with E-state index in [9.17, 15) is 9.59 Å². The molecule has 92 valence electrons. The van der Waals surface area contributed by atoms with Crippen LogP contribution in [0.15, 0.2) is 18.2 Å². The van der Waals surface area contributed by atoms with Gasteiger partial charge in [0, 0.05) is 18.0 Å². The molecule has 0 aliphatic heterocycles. The molecule has 0 unspecified atom stereocenters. The Hall–Kier alpha value is -1.26. The summed E-state index contributed by atoms with van der Waals surface area (Å²) >= 11 is 11.6. The van der Waals surface area contributed by atoms with Gasteiger partial charge in [-0.25, -0.2) is 0 Å². The van der Waals surface area contributed by atoms with Gasteiger partial charge in [-0.3, -0.25) is 9.59 Å². The molecule has 0 fully saturated rings. The van der Waals surface area contributed by atoms with Crippen LogP contribution in [0.1, 0.15) is 23.2 Å². The van der Waals surface area contributed by atoms with E-state index in [1.807, 2.05) is 0 Å². The number of carboxylic acid groups (broad SMARTS) is 1. The molecular formula is C11H11Cl2NO3. The third-order valence-electron chi connectivity index (χ3n) is 2.03. The number of amides is 1. The summed E-state index contributed by atoms with van der Waals surface area (Å²) in [5.74, 6) is -1.25.